The Balaban J connectivity index is 2.18. The highest BCUT2D eigenvalue weighted by Crippen LogP contribution is 2.24. The van der Waals surface area contributed by atoms with Crippen molar-refractivity contribution in [3.05, 3.63) is 40.4 Å². The molecule has 0 saturated carbocycles. The van der Waals surface area contributed by atoms with Crippen LogP contribution in [-0.2, 0) is 6.42 Å². The summed E-state index contributed by atoms with van der Waals surface area (Å²) in [7, 11) is 3.65. The van der Waals surface area contributed by atoms with Gasteiger partial charge < -0.3 is 10.1 Å². The van der Waals surface area contributed by atoms with Gasteiger partial charge in [-0.3, -0.25) is 0 Å². The highest BCUT2D eigenvalue weighted by atomic mass is 32.1. The highest BCUT2D eigenvalue weighted by molar-refractivity contribution is 7.05. The lowest BCUT2D eigenvalue weighted by molar-refractivity contribution is 0.414. The average molecular weight is 263 g/mol. The van der Waals surface area contributed by atoms with Gasteiger partial charge in [-0.25, -0.2) is 0 Å². The first-order chi connectivity index (χ1) is 8.74. The Bertz CT molecular complexity index is 512. The summed E-state index contributed by atoms with van der Waals surface area (Å²) in [4.78, 5) is 1.19. The Morgan fingerprint density at radius 3 is 2.89 bits per heavy atom. The molecule has 96 valence electrons. The van der Waals surface area contributed by atoms with Gasteiger partial charge in [0.05, 0.1) is 17.7 Å². The Morgan fingerprint density at radius 1 is 1.44 bits per heavy atom. The number of benzene rings is 1. The molecule has 1 aromatic heterocycles. The molecule has 0 aliphatic carbocycles. The number of hydrogen-bond acceptors (Lipinski definition) is 5. The minimum absolute atomic E-state index is 0.247. The van der Waals surface area contributed by atoms with Gasteiger partial charge in [-0.1, -0.05) is 16.6 Å². The van der Waals surface area contributed by atoms with E-state index in [2.05, 4.69) is 27.0 Å². The summed E-state index contributed by atoms with van der Waals surface area (Å²) in [6, 6.07) is 8.39. The Kier molecular flexibility index (Phi) is 4.28. The third kappa shape index (κ3) is 2.86. The maximum atomic E-state index is 5.24. The summed E-state index contributed by atoms with van der Waals surface area (Å²) in [5.41, 5.74) is 2.24. The number of rotatable bonds is 5. The van der Waals surface area contributed by atoms with Crippen LogP contribution in [0.2, 0.25) is 0 Å². The Labute approximate surface area is 111 Å². The average Bonchev–Trinajstić information content (AvgIpc) is 2.82. The van der Waals surface area contributed by atoms with E-state index in [1.807, 2.05) is 26.1 Å². The van der Waals surface area contributed by atoms with Crippen LogP contribution in [0.5, 0.6) is 5.75 Å². The normalized spacial score (nSPS) is 12.4. The fraction of sp³-hybridized carbons (Fsp3) is 0.385. The second-order valence-electron chi connectivity index (χ2n) is 4.12. The number of ether oxygens (including phenoxy) is 1. The van der Waals surface area contributed by atoms with Crippen molar-refractivity contribution in [3.8, 4) is 5.75 Å². The first-order valence-electron chi connectivity index (χ1n) is 5.83. The van der Waals surface area contributed by atoms with Crippen molar-refractivity contribution in [1.82, 2.24) is 14.9 Å². The fourth-order valence-corrected chi connectivity index (χ4v) is 2.67. The topological polar surface area (TPSA) is 47.0 Å². The molecule has 0 amide bonds. The molecule has 0 aliphatic heterocycles. The zero-order valence-corrected chi connectivity index (χ0v) is 11.6. The van der Waals surface area contributed by atoms with E-state index in [1.165, 1.54) is 22.0 Å². The van der Waals surface area contributed by atoms with Crippen molar-refractivity contribution in [3.63, 3.8) is 0 Å². The largest absolute Gasteiger partial charge is 0.497 e. The predicted molar refractivity (Wildman–Crippen MR) is 73.1 cm³/mol. The van der Waals surface area contributed by atoms with Crippen LogP contribution in [0, 0.1) is 6.92 Å². The van der Waals surface area contributed by atoms with Gasteiger partial charge in [-0.05, 0) is 49.6 Å². The van der Waals surface area contributed by atoms with Crippen LogP contribution in [0.25, 0.3) is 0 Å². The maximum Gasteiger partial charge on any atom is 0.119 e. The van der Waals surface area contributed by atoms with E-state index in [9.17, 15) is 0 Å². The molecular formula is C13H17N3OS. The molecule has 18 heavy (non-hydrogen) atoms. The third-order valence-corrected chi connectivity index (χ3v) is 3.87. The number of nitrogens with zero attached hydrogens (tertiary/aromatic N) is 2. The molecule has 1 aromatic carbocycles. The van der Waals surface area contributed by atoms with Crippen LogP contribution in [0.4, 0.5) is 0 Å². The van der Waals surface area contributed by atoms with Crippen LogP contribution in [0.3, 0.4) is 0 Å². The molecule has 0 aliphatic rings. The van der Waals surface area contributed by atoms with Gasteiger partial charge in [0.2, 0.25) is 0 Å². The van der Waals surface area contributed by atoms with E-state index in [0.717, 1.165) is 17.9 Å². The molecule has 1 heterocycles. The van der Waals surface area contributed by atoms with Gasteiger partial charge in [0.15, 0.2) is 0 Å². The van der Waals surface area contributed by atoms with Gasteiger partial charge >= 0.3 is 0 Å². The van der Waals surface area contributed by atoms with Crippen molar-refractivity contribution in [2.24, 2.45) is 0 Å². The standard InChI is InChI=1S/C13H17N3OS/c1-9-13(18-16-15-9)12(14-2)8-10-5-4-6-11(7-10)17-3/h4-7,12,14H,8H2,1-3H3. The van der Waals surface area contributed by atoms with Gasteiger partial charge in [0.1, 0.15) is 5.75 Å². The van der Waals surface area contributed by atoms with Crippen molar-refractivity contribution < 1.29 is 4.74 Å². The lowest BCUT2D eigenvalue weighted by Crippen LogP contribution is -2.18. The van der Waals surface area contributed by atoms with Gasteiger partial charge in [-0.15, -0.1) is 5.10 Å². The molecule has 2 rings (SSSR count). The number of methoxy groups -OCH3 is 1. The lowest BCUT2D eigenvalue weighted by atomic mass is 10.0. The van der Waals surface area contributed by atoms with Crippen molar-refractivity contribution >= 4 is 11.5 Å². The number of likely N-dealkylation sites (N-methyl/N-ethyl adjacent to an activating group) is 1. The lowest BCUT2D eigenvalue weighted by Gasteiger charge is -2.15. The van der Waals surface area contributed by atoms with Crippen LogP contribution in [0.15, 0.2) is 24.3 Å². The zero-order chi connectivity index (χ0) is 13.0. The monoisotopic (exact) mass is 263 g/mol. The zero-order valence-electron chi connectivity index (χ0n) is 10.8. The molecule has 1 N–H and O–H groups in total. The fourth-order valence-electron chi connectivity index (χ4n) is 1.92. The number of hydrogen-bond donors (Lipinski definition) is 1. The predicted octanol–water partition coefficient (Wildman–Crippen LogP) is 2.36. The summed E-state index contributed by atoms with van der Waals surface area (Å²) >= 11 is 1.46. The molecule has 0 radical (unpaired) electrons. The molecule has 0 spiro atoms. The molecule has 5 heteroatoms. The number of aryl methyl sites for hydroxylation is 1. The van der Waals surface area contributed by atoms with Crippen molar-refractivity contribution in [2.75, 3.05) is 14.2 Å². The van der Waals surface area contributed by atoms with E-state index >= 15 is 0 Å². The quantitative estimate of drug-likeness (QED) is 0.899. The summed E-state index contributed by atoms with van der Waals surface area (Å²) < 4.78 is 9.23. The van der Waals surface area contributed by atoms with Crippen LogP contribution >= 0.6 is 11.5 Å². The molecular weight excluding hydrogens is 246 g/mol. The van der Waals surface area contributed by atoms with Crippen LogP contribution < -0.4 is 10.1 Å². The first kappa shape index (κ1) is 13.0. The minimum Gasteiger partial charge on any atom is -0.497 e. The molecule has 0 fully saturated rings. The second-order valence-corrected chi connectivity index (χ2v) is 4.91. The van der Waals surface area contributed by atoms with E-state index in [1.54, 1.807) is 7.11 Å². The summed E-state index contributed by atoms with van der Waals surface area (Å²) in [6.45, 7) is 1.99. The van der Waals surface area contributed by atoms with E-state index < -0.39 is 0 Å². The van der Waals surface area contributed by atoms with E-state index in [-0.39, 0.29) is 6.04 Å². The summed E-state index contributed by atoms with van der Waals surface area (Å²) in [5, 5.41) is 7.39. The minimum atomic E-state index is 0.247. The molecule has 4 nitrogen and oxygen atoms in total. The maximum absolute atomic E-state index is 5.24. The smallest absolute Gasteiger partial charge is 0.119 e. The van der Waals surface area contributed by atoms with Crippen molar-refractivity contribution in [2.45, 2.75) is 19.4 Å². The van der Waals surface area contributed by atoms with Gasteiger partial charge in [-0.2, -0.15) is 0 Å². The highest BCUT2D eigenvalue weighted by Gasteiger charge is 2.16. The summed E-state index contributed by atoms with van der Waals surface area (Å²) in [5.74, 6) is 0.890. The number of aromatic nitrogens is 2. The number of nitrogens with one attached hydrogen (secondary N) is 1. The van der Waals surface area contributed by atoms with E-state index in [4.69, 9.17) is 4.74 Å². The first-order valence-corrected chi connectivity index (χ1v) is 6.61. The molecule has 0 saturated heterocycles. The third-order valence-electron chi connectivity index (χ3n) is 2.93. The Hall–Kier alpha value is -1.46. The molecule has 2 aromatic rings. The summed E-state index contributed by atoms with van der Waals surface area (Å²) in [6.07, 6.45) is 0.901. The van der Waals surface area contributed by atoms with Gasteiger partial charge in [0, 0.05) is 6.04 Å². The molecule has 1 unspecified atom stereocenters. The SMILES string of the molecule is CNC(Cc1cccc(OC)c1)c1snnc1C. The molecule has 0 bridgehead atoms. The van der Waals surface area contributed by atoms with E-state index in [0.29, 0.717) is 0 Å². The Morgan fingerprint density at radius 2 is 2.28 bits per heavy atom. The van der Waals surface area contributed by atoms with Gasteiger partial charge in [0.25, 0.3) is 0 Å². The van der Waals surface area contributed by atoms with Crippen molar-refractivity contribution in [1.29, 1.82) is 0 Å². The second kappa shape index (κ2) is 5.93. The van der Waals surface area contributed by atoms with Crippen LogP contribution in [-0.4, -0.2) is 23.7 Å². The molecule has 1 atom stereocenters. The van der Waals surface area contributed by atoms with Crippen LogP contribution in [0.1, 0.15) is 22.2 Å².